The fourth-order valence-electron chi connectivity index (χ4n) is 2.88. The summed E-state index contributed by atoms with van der Waals surface area (Å²) < 4.78 is 11.3. The van der Waals surface area contributed by atoms with E-state index < -0.39 is 0 Å². The van der Waals surface area contributed by atoms with E-state index in [1.54, 1.807) is 0 Å². The summed E-state index contributed by atoms with van der Waals surface area (Å²) in [6.45, 7) is 13.6. The van der Waals surface area contributed by atoms with Gasteiger partial charge in [-0.2, -0.15) is 0 Å². The van der Waals surface area contributed by atoms with Gasteiger partial charge in [-0.05, 0) is 19.5 Å². The Labute approximate surface area is 105 Å². The monoisotopic (exact) mass is 242 g/mol. The van der Waals surface area contributed by atoms with Gasteiger partial charge in [0.15, 0.2) is 0 Å². The highest BCUT2D eigenvalue weighted by Crippen LogP contribution is 2.28. The van der Waals surface area contributed by atoms with E-state index in [0.717, 1.165) is 65.6 Å². The van der Waals surface area contributed by atoms with Crippen LogP contribution in [0.3, 0.4) is 0 Å². The molecule has 2 fully saturated rings. The van der Waals surface area contributed by atoms with Crippen LogP contribution in [0, 0.1) is 0 Å². The Balaban J connectivity index is 1.88. The fraction of sp³-hybridized carbons (Fsp3) is 1.00. The highest BCUT2D eigenvalue weighted by molar-refractivity contribution is 4.96. The van der Waals surface area contributed by atoms with E-state index in [9.17, 15) is 0 Å². The minimum atomic E-state index is 0.186. The molecule has 100 valence electrons. The Morgan fingerprint density at radius 2 is 1.82 bits per heavy atom. The maximum Gasteiger partial charge on any atom is 0.0701 e. The average molecular weight is 242 g/mol. The Bertz CT molecular complexity index is 225. The molecule has 0 amide bonds. The number of hydrogen-bond donors (Lipinski definition) is 0. The molecule has 2 heterocycles. The molecule has 0 N–H and O–H groups in total. The smallest absolute Gasteiger partial charge is 0.0701 e. The SMILES string of the molecule is CCN(CC)CCN1CCOC[C@@]12CCOC2. The van der Waals surface area contributed by atoms with Gasteiger partial charge >= 0.3 is 0 Å². The first kappa shape index (κ1) is 13.3. The van der Waals surface area contributed by atoms with Gasteiger partial charge in [-0.25, -0.2) is 0 Å². The second kappa shape index (κ2) is 6.14. The molecule has 0 radical (unpaired) electrons. The van der Waals surface area contributed by atoms with Crippen LogP contribution in [0.1, 0.15) is 20.3 Å². The minimum absolute atomic E-state index is 0.186. The second-order valence-corrected chi connectivity index (χ2v) is 5.09. The molecule has 2 rings (SSSR count). The Hall–Kier alpha value is -0.160. The van der Waals surface area contributed by atoms with Crippen molar-refractivity contribution in [2.24, 2.45) is 0 Å². The van der Waals surface area contributed by atoms with E-state index in [2.05, 4.69) is 23.6 Å². The van der Waals surface area contributed by atoms with Gasteiger partial charge in [0, 0.05) is 26.2 Å². The number of likely N-dealkylation sites (N-methyl/N-ethyl adjacent to an activating group) is 1. The molecule has 0 aromatic carbocycles. The van der Waals surface area contributed by atoms with Gasteiger partial charge in [0.25, 0.3) is 0 Å². The molecule has 1 atom stereocenters. The molecular formula is C13H26N2O2. The van der Waals surface area contributed by atoms with Gasteiger partial charge in [0.1, 0.15) is 0 Å². The Kier molecular flexibility index (Phi) is 4.79. The third-order valence-corrected chi connectivity index (χ3v) is 4.21. The standard InChI is InChI=1S/C13H26N2O2/c1-3-14(4-2)6-7-15-8-10-17-12-13(15)5-9-16-11-13/h3-12H2,1-2H3/t13-/m0/s1. The summed E-state index contributed by atoms with van der Waals surface area (Å²) in [4.78, 5) is 5.08. The zero-order chi connectivity index (χ0) is 12.1. The lowest BCUT2D eigenvalue weighted by Gasteiger charge is -2.44. The van der Waals surface area contributed by atoms with E-state index in [1.165, 1.54) is 0 Å². The van der Waals surface area contributed by atoms with Crippen LogP contribution in [-0.2, 0) is 9.47 Å². The van der Waals surface area contributed by atoms with Crippen LogP contribution in [0.5, 0.6) is 0 Å². The predicted molar refractivity (Wildman–Crippen MR) is 68.3 cm³/mol. The highest BCUT2D eigenvalue weighted by Gasteiger charge is 2.42. The average Bonchev–Trinajstić information content (AvgIpc) is 2.82. The second-order valence-electron chi connectivity index (χ2n) is 5.09. The lowest BCUT2D eigenvalue weighted by molar-refractivity contribution is -0.0727. The third-order valence-electron chi connectivity index (χ3n) is 4.21. The molecular weight excluding hydrogens is 216 g/mol. The molecule has 0 aliphatic carbocycles. The largest absolute Gasteiger partial charge is 0.379 e. The molecule has 1 spiro atoms. The molecule has 0 saturated carbocycles. The lowest BCUT2D eigenvalue weighted by Crippen LogP contribution is -2.58. The van der Waals surface area contributed by atoms with Gasteiger partial charge < -0.3 is 14.4 Å². The molecule has 2 aliphatic heterocycles. The van der Waals surface area contributed by atoms with Gasteiger partial charge in [-0.3, -0.25) is 4.90 Å². The normalized spacial score (nSPS) is 30.5. The number of nitrogens with zero attached hydrogens (tertiary/aromatic N) is 2. The maximum absolute atomic E-state index is 5.66. The molecule has 2 saturated heterocycles. The van der Waals surface area contributed by atoms with E-state index in [0.29, 0.717) is 0 Å². The summed E-state index contributed by atoms with van der Waals surface area (Å²) in [7, 11) is 0. The Morgan fingerprint density at radius 3 is 2.47 bits per heavy atom. The van der Waals surface area contributed by atoms with Crippen molar-refractivity contribution in [3.05, 3.63) is 0 Å². The van der Waals surface area contributed by atoms with Crippen LogP contribution in [0.25, 0.3) is 0 Å². The van der Waals surface area contributed by atoms with Gasteiger partial charge in [-0.1, -0.05) is 13.8 Å². The van der Waals surface area contributed by atoms with Crippen molar-refractivity contribution >= 4 is 0 Å². The molecule has 0 bridgehead atoms. The van der Waals surface area contributed by atoms with Crippen molar-refractivity contribution < 1.29 is 9.47 Å². The number of morpholine rings is 1. The van der Waals surface area contributed by atoms with E-state index in [1.807, 2.05) is 0 Å². The van der Waals surface area contributed by atoms with Crippen molar-refractivity contribution in [1.29, 1.82) is 0 Å². The summed E-state index contributed by atoms with van der Waals surface area (Å²) in [5.41, 5.74) is 0.186. The summed E-state index contributed by atoms with van der Waals surface area (Å²) >= 11 is 0. The molecule has 0 unspecified atom stereocenters. The van der Waals surface area contributed by atoms with Gasteiger partial charge in [0.05, 0.1) is 25.4 Å². The summed E-state index contributed by atoms with van der Waals surface area (Å²) in [5, 5.41) is 0. The van der Waals surface area contributed by atoms with Crippen LogP contribution >= 0.6 is 0 Å². The van der Waals surface area contributed by atoms with Crippen molar-refractivity contribution in [2.45, 2.75) is 25.8 Å². The van der Waals surface area contributed by atoms with Crippen molar-refractivity contribution in [3.63, 3.8) is 0 Å². The van der Waals surface area contributed by atoms with E-state index in [4.69, 9.17) is 9.47 Å². The number of rotatable bonds is 5. The first-order valence-electron chi connectivity index (χ1n) is 6.93. The topological polar surface area (TPSA) is 24.9 Å². The zero-order valence-corrected chi connectivity index (χ0v) is 11.3. The molecule has 2 aliphatic rings. The fourth-order valence-corrected chi connectivity index (χ4v) is 2.88. The lowest BCUT2D eigenvalue weighted by atomic mass is 9.96. The van der Waals surface area contributed by atoms with Gasteiger partial charge in [0.2, 0.25) is 0 Å². The maximum atomic E-state index is 5.66. The summed E-state index contributed by atoms with van der Waals surface area (Å²) in [6.07, 6.45) is 1.13. The molecule has 17 heavy (non-hydrogen) atoms. The first-order valence-corrected chi connectivity index (χ1v) is 6.93. The summed E-state index contributed by atoms with van der Waals surface area (Å²) in [5.74, 6) is 0. The quantitative estimate of drug-likeness (QED) is 0.712. The highest BCUT2D eigenvalue weighted by atomic mass is 16.5. The number of ether oxygens (including phenoxy) is 2. The summed E-state index contributed by atoms with van der Waals surface area (Å²) in [6, 6.07) is 0. The molecule has 4 heteroatoms. The van der Waals surface area contributed by atoms with Crippen LogP contribution in [0.4, 0.5) is 0 Å². The molecule has 0 aromatic heterocycles. The van der Waals surface area contributed by atoms with E-state index >= 15 is 0 Å². The molecule has 4 nitrogen and oxygen atoms in total. The van der Waals surface area contributed by atoms with Crippen LogP contribution < -0.4 is 0 Å². The van der Waals surface area contributed by atoms with Crippen LogP contribution in [0.15, 0.2) is 0 Å². The minimum Gasteiger partial charge on any atom is -0.379 e. The van der Waals surface area contributed by atoms with Crippen molar-refractivity contribution in [1.82, 2.24) is 9.80 Å². The van der Waals surface area contributed by atoms with E-state index in [-0.39, 0.29) is 5.54 Å². The first-order chi connectivity index (χ1) is 8.30. The zero-order valence-electron chi connectivity index (χ0n) is 11.3. The van der Waals surface area contributed by atoms with Crippen LogP contribution in [-0.4, -0.2) is 74.5 Å². The Morgan fingerprint density at radius 1 is 1.12 bits per heavy atom. The third kappa shape index (κ3) is 2.99. The number of hydrogen-bond acceptors (Lipinski definition) is 4. The molecule has 0 aromatic rings. The van der Waals surface area contributed by atoms with Crippen molar-refractivity contribution in [2.75, 3.05) is 59.2 Å². The van der Waals surface area contributed by atoms with Crippen LogP contribution in [0.2, 0.25) is 0 Å². The van der Waals surface area contributed by atoms with Gasteiger partial charge in [-0.15, -0.1) is 0 Å². The predicted octanol–water partition coefficient (Wildman–Crippen LogP) is 0.819. The van der Waals surface area contributed by atoms with Crippen molar-refractivity contribution in [3.8, 4) is 0 Å².